The first-order valence-electron chi connectivity index (χ1n) is 10.4. The SMILES string of the molecule is CCOC(=O)c1sc(NC(=O)c2ccccc2C(=O)c2ccccc2)c(C(=O)OCC)c1C. The normalized spacial score (nSPS) is 10.4. The summed E-state index contributed by atoms with van der Waals surface area (Å²) < 4.78 is 10.2. The van der Waals surface area contributed by atoms with Gasteiger partial charge in [0, 0.05) is 11.1 Å². The zero-order chi connectivity index (χ0) is 24.0. The fourth-order valence-corrected chi connectivity index (χ4v) is 4.32. The van der Waals surface area contributed by atoms with E-state index in [4.69, 9.17) is 9.47 Å². The van der Waals surface area contributed by atoms with Crippen LogP contribution in [0.1, 0.15) is 65.7 Å². The van der Waals surface area contributed by atoms with Crippen LogP contribution in [0.15, 0.2) is 54.6 Å². The number of benzene rings is 2. The molecule has 1 aromatic heterocycles. The maximum atomic E-state index is 13.2. The topological polar surface area (TPSA) is 98.8 Å². The third-order valence-electron chi connectivity index (χ3n) is 4.77. The van der Waals surface area contributed by atoms with Crippen LogP contribution in [-0.4, -0.2) is 36.8 Å². The highest BCUT2D eigenvalue weighted by molar-refractivity contribution is 7.18. The van der Waals surface area contributed by atoms with Crippen molar-refractivity contribution in [3.05, 3.63) is 87.3 Å². The number of hydrogen-bond acceptors (Lipinski definition) is 7. The Morgan fingerprint density at radius 2 is 1.39 bits per heavy atom. The van der Waals surface area contributed by atoms with Gasteiger partial charge < -0.3 is 14.8 Å². The average molecular weight is 466 g/mol. The Labute approximate surface area is 195 Å². The molecule has 1 N–H and O–H groups in total. The van der Waals surface area contributed by atoms with Crippen molar-refractivity contribution in [1.82, 2.24) is 0 Å². The van der Waals surface area contributed by atoms with Gasteiger partial charge >= 0.3 is 11.9 Å². The number of carbonyl (C=O) groups is 4. The number of carbonyl (C=O) groups excluding carboxylic acids is 4. The summed E-state index contributed by atoms with van der Waals surface area (Å²) in [4.78, 5) is 51.3. The van der Waals surface area contributed by atoms with Gasteiger partial charge in [0.2, 0.25) is 0 Å². The highest BCUT2D eigenvalue weighted by Gasteiger charge is 2.28. The summed E-state index contributed by atoms with van der Waals surface area (Å²) >= 11 is 0.930. The summed E-state index contributed by atoms with van der Waals surface area (Å²) in [6, 6.07) is 15.0. The molecule has 0 fully saturated rings. The van der Waals surface area contributed by atoms with Crippen LogP contribution < -0.4 is 5.32 Å². The van der Waals surface area contributed by atoms with Crippen molar-refractivity contribution in [2.24, 2.45) is 0 Å². The molecule has 33 heavy (non-hydrogen) atoms. The van der Waals surface area contributed by atoms with Crippen molar-refractivity contribution >= 4 is 40.0 Å². The molecule has 170 valence electrons. The van der Waals surface area contributed by atoms with Crippen molar-refractivity contribution in [3.8, 4) is 0 Å². The zero-order valence-electron chi connectivity index (χ0n) is 18.5. The van der Waals surface area contributed by atoms with E-state index < -0.39 is 17.8 Å². The summed E-state index contributed by atoms with van der Waals surface area (Å²) in [5.74, 6) is -2.14. The van der Waals surface area contributed by atoms with Crippen molar-refractivity contribution in [2.45, 2.75) is 20.8 Å². The highest BCUT2D eigenvalue weighted by Crippen LogP contribution is 2.35. The molecular formula is C25H23NO6S. The molecule has 2 aromatic carbocycles. The van der Waals surface area contributed by atoms with Crippen LogP contribution in [0.3, 0.4) is 0 Å². The van der Waals surface area contributed by atoms with Crippen LogP contribution in [0, 0.1) is 6.92 Å². The van der Waals surface area contributed by atoms with Gasteiger partial charge in [0.25, 0.3) is 5.91 Å². The van der Waals surface area contributed by atoms with Crippen molar-refractivity contribution in [3.63, 3.8) is 0 Å². The van der Waals surface area contributed by atoms with E-state index in [1.54, 1.807) is 69.3 Å². The van der Waals surface area contributed by atoms with Gasteiger partial charge in [0.1, 0.15) is 9.88 Å². The third-order valence-corrected chi connectivity index (χ3v) is 5.95. The van der Waals surface area contributed by atoms with Crippen LogP contribution in [-0.2, 0) is 9.47 Å². The molecule has 0 aliphatic carbocycles. The van der Waals surface area contributed by atoms with E-state index in [-0.39, 0.29) is 45.6 Å². The van der Waals surface area contributed by atoms with Gasteiger partial charge in [-0.25, -0.2) is 9.59 Å². The second-order valence-electron chi connectivity index (χ2n) is 6.90. The minimum Gasteiger partial charge on any atom is -0.462 e. The second kappa shape index (κ2) is 10.7. The number of ketones is 1. The van der Waals surface area contributed by atoms with E-state index in [0.717, 1.165) is 11.3 Å². The Bertz CT molecular complexity index is 1200. The lowest BCUT2D eigenvalue weighted by Gasteiger charge is -2.10. The van der Waals surface area contributed by atoms with E-state index in [9.17, 15) is 19.2 Å². The molecule has 3 aromatic rings. The monoisotopic (exact) mass is 465 g/mol. The molecule has 0 spiro atoms. The van der Waals surface area contributed by atoms with Gasteiger partial charge in [-0.15, -0.1) is 11.3 Å². The number of nitrogens with one attached hydrogen (secondary N) is 1. The number of rotatable bonds is 8. The molecule has 0 unspecified atom stereocenters. The van der Waals surface area contributed by atoms with Gasteiger partial charge in [-0.2, -0.15) is 0 Å². The van der Waals surface area contributed by atoms with Crippen molar-refractivity contribution in [2.75, 3.05) is 18.5 Å². The minimum absolute atomic E-state index is 0.0881. The fraction of sp³-hybridized carbons (Fsp3) is 0.200. The van der Waals surface area contributed by atoms with Gasteiger partial charge in [0.05, 0.1) is 24.3 Å². The van der Waals surface area contributed by atoms with E-state index in [0.29, 0.717) is 11.1 Å². The van der Waals surface area contributed by atoms with Crippen LogP contribution in [0.2, 0.25) is 0 Å². The molecule has 0 saturated carbocycles. The maximum absolute atomic E-state index is 13.2. The van der Waals surface area contributed by atoms with Gasteiger partial charge in [-0.1, -0.05) is 48.5 Å². The van der Waals surface area contributed by atoms with Crippen molar-refractivity contribution in [1.29, 1.82) is 0 Å². The quantitative estimate of drug-likeness (QED) is 0.376. The van der Waals surface area contributed by atoms with E-state index in [1.807, 2.05) is 0 Å². The molecule has 3 rings (SSSR count). The average Bonchev–Trinajstić information content (AvgIpc) is 3.15. The highest BCUT2D eigenvalue weighted by atomic mass is 32.1. The first-order chi connectivity index (χ1) is 15.9. The predicted molar refractivity (Wildman–Crippen MR) is 125 cm³/mol. The predicted octanol–water partition coefficient (Wildman–Crippen LogP) is 4.89. The summed E-state index contributed by atoms with van der Waals surface area (Å²) in [5, 5.41) is 2.84. The first kappa shape index (κ1) is 23.9. The molecule has 1 amide bonds. The summed E-state index contributed by atoms with van der Waals surface area (Å²) in [7, 11) is 0. The Kier molecular flexibility index (Phi) is 7.74. The zero-order valence-corrected chi connectivity index (χ0v) is 19.3. The van der Waals surface area contributed by atoms with Crippen LogP contribution in [0.5, 0.6) is 0 Å². The number of hydrogen-bond donors (Lipinski definition) is 1. The van der Waals surface area contributed by atoms with E-state index in [2.05, 4.69) is 5.32 Å². The second-order valence-corrected chi connectivity index (χ2v) is 7.92. The fourth-order valence-electron chi connectivity index (χ4n) is 3.24. The molecule has 0 saturated heterocycles. The minimum atomic E-state index is -0.661. The number of thiophene rings is 1. The molecule has 0 radical (unpaired) electrons. The lowest BCUT2D eigenvalue weighted by atomic mass is 9.98. The Morgan fingerprint density at radius 1 is 0.818 bits per heavy atom. The molecule has 0 bridgehead atoms. The maximum Gasteiger partial charge on any atom is 0.348 e. The molecule has 1 heterocycles. The van der Waals surface area contributed by atoms with Crippen LogP contribution in [0.25, 0.3) is 0 Å². The lowest BCUT2D eigenvalue weighted by molar-refractivity contribution is 0.0527. The van der Waals surface area contributed by atoms with Crippen LogP contribution in [0.4, 0.5) is 5.00 Å². The number of ether oxygens (including phenoxy) is 2. The Hall–Kier alpha value is -3.78. The smallest absolute Gasteiger partial charge is 0.348 e. The number of amides is 1. The summed E-state index contributed by atoms with van der Waals surface area (Å²) in [6.45, 7) is 5.23. The van der Waals surface area contributed by atoms with Crippen molar-refractivity contribution < 1.29 is 28.7 Å². The van der Waals surface area contributed by atoms with Gasteiger partial charge in [-0.3, -0.25) is 9.59 Å². The summed E-state index contributed by atoms with van der Waals surface area (Å²) in [6.07, 6.45) is 0. The Balaban J connectivity index is 2.00. The van der Waals surface area contributed by atoms with Gasteiger partial charge in [0.15, 0.2) is 5.78 Å². The molecule has 0 atom stereocenters. The standard InChI is InChI=1S/C25H23NO6S/c1-4-31-24(29)19-15(3)21(25(30)32-5-2)33-23(19)26-22(28)18-14-10-9-13-17(18)20(27)16-11-7-6-8-12-16/h6-14H,4-5H2,1-3H3,(H,26,28). The Morgan fingerprint density at radius 3 is 2.03 bits per heavy atom. The van der Waals surface area contributed by atoms with E-state index in [1.165, 1.54) is 6.07 Å². The summed E-state index contributed by atoms with van der Waals surface area (Å²) in [5.41, 5.74) is 1.26. The molecule has 0 aliphatic rings. The molecular weight excluding hydrogens is 442 g/mol. The third kappa shape index (κ3) is 5.18. The number of esters is 2. The molecule has 0 aliphatic heterocycles. The lowest BCUT2D eigenvalue weighted by Crippen LogP contribution is -2.18. The molecule has 7 nitrogen and oxygen atoms in total. The number of anilines is 1. The first-order valence-corrected chi connectivity index (χ1v) is 11.2. The largest absolute Gasteiger partial charge is 0.462 e. The van der Waals surface area contributed by atoms with E-state index >= 15 is 0 Å². The van der Waals surface area contributed by atoms with Crippen LogP contribution >= 0.6 is 11.3 Å². The van der Waals surface area contributed by atoms with Gasteiger partial charge in [-0.05, 0) is 32.4 Å². The molecule has 8 heteroatoms.